The number of nitrogens with zero attached hydrogens (tertiary/aromatic N) is 2. The first-order chi connectivity index (χ1) is 8.70. The second-order valence-corrected chi connectivity index (χ2v) is 5.33. The Bertz CT molecular complexity index is 364. The summed E-state index contributed by atoms with van der Waals surface area (Å²) in [6.07, 6.45) is 3.05. The van der Waals surface area contributed by atoms with E-state index in [1.165, 1.54) is 25.1 Å². The second kappa shape index (κ2) is 6.36. The van der Waals surface area contributed by atoms with Crippen LogP contribution in [0.5, 0.6) is 0 Å². The molecule has 0 spiro atoms. The molecule has 1 saturated heterocycles. The highest BCUT2D eigenvalue weighted by atomic mass is 16.3. The van der Waals surface area contributed by atoms with Crippen LogP contribution >= 0.6 is 0 Å². The molecular weight excluding hydrogens is 226 g/mol. The van der Waals surface area contributed by atoms with Gasteiger partial charge in [-0.2, -0.15) is 0 Å². The van der Waals surface area contributed by atoms with Crippen molar-refractivity contribution in [2.24, 2.45) is 0 Å². The predicted molar refractivity (Wildman–Crippen MR) is 73.5 cm³/mol. The monoisotopic (exact) mass is 251 g/mol. The molecule has 1 aliphatic rings. The number of furan rings is 1. The van der Waals surface area contributed by atoms with E-state index in [0.717, 1.165) is 25.4 Å². The smallest absolute Gasteiger partial charge is 0.122 e. The van der Waals surface area contributed by atoms with Crippen molar-refractivity contribution in [3.63, 3.8) is 0 Å². The summed E-state index contributed by atoms with van der Waals surface area (Å²) in [5.74, 6) is 1.07. The average molecular weight is 251 g/mol. The summed E-state index contributed by atoms with van der Waals surface area (Å²) in [7, 11) is 4.17. The minimum Gasteiger partial charge on any atom is -0.468 e. The van der Waals surface area contributed by atoms with Gasteiger partial charge in [-0.05, 0) is 40.1 Å². The molecule has 1 unspecified atom stereocenters. The topological polar surface area (TPSA) is 31.7 Å². The van der Waals surface area contributed by atoms with E-state index in [-0.39, 0.29) is 0 Å². The zero-order valence-corrected chi connectivity index (χ0v) is 11.8. The second-order valence-electron chi connectivity index (χ2n) is 5.33. The number of hydrogen-bond acceptors (Lipinski definition) is 4. The molecule has 1 aromatic heterocycles. The molecule has 4 heteroatoms. The number of rotatable bonds is 4. The molecule has 0 saturated carbocycles. The summed E-state index contributed by atoms with van der Waals surface area (Å²) in [6, 6.07) is 2.71. The first-order valence-electron chi connectivity index (χ1n) is 6.83. The van der Waals surface area contributed by atoms with Crippen LogP contribution in [0.15, 0.2) is 16.7 Å². The summed E-state index contributed by atoms with van der Waals surface area (Å²) in [4.78, 5) is 4.99. The van der Waals surface area contributed by atoms with Gasteiger partial charge in [-0.15, -0.1) is 0 Å². The standard InChI is InChI=1S/C14H25N3O/c1-12-10-16(3)6-4-7-17(12)11-13-5-8-18-14(13)9-15-2/h5,8,12,15H,4,6-7,9-11H2,1-3H3. The Kier molecular flexibility index (Phi) is 4.80. The molecule has 0 radical (unpaired) electrons. The van der Waals surface area contributed by atoms with Crippen molar-refractivity contribution in [2.75, 3.05) is 33.7 Å². The van der Waals surface area contributed by atoms with Crippen LogP contribution in [0.1, 0.15) is 24.7 Å². The van der Waals surface area contributed by atoms with Crippen LogP contribution in [0.4, 0.5) is 0 Å². The van der Waals surface area contributed by atoms with Gasteiger partial charge in [-0.3, -0.25) is 4.90 Å². The Balaban J connectivity index is 2.00. The number of hydrogen-bond donors (Lipinski definition) is 1. The van der Waals surface area contributed by atoms with E-state index in [4.69, 9.17) is 4.42 Å². The Morgan fingerprint density at radius 1 is 1.44 bits per heavy atom. The molecule has 4 nitrogen and oxygen atoms in total. The lowest BCUT2D eigenvalue weighted by atomic mass is 10.2. The van der Waals surface area contributed by atoms with Crippen molar-refractivity contribution in [1.29, 1.82) is 0 Å². The summed E-state index contributed by atoms with van der Waals surface area (Å²) in [5.41, 5.74) is 1.32. The van der Waals surface area contributed by atoms with E-state index in [9.17, 15) is 0 Å². The van der Waals surface area contributed by atoms with Crippen molar-refractivity contribution >= 4 is 0 Å². The third-order valence-electron chi connectivity index (χ3n) is 3.73. The Morgan fingerprint density at radius 2 is 2.28 bits per heavy atom. The van der Waals surface area contributed by atoms with E-state index < -0.39 is 0 Å². The molecule has 102 valence electrons. The molecule has 1 aliphatic heterocycles. The minimum atomic E-state index is 0.606. The van der Waals surface area contributed by atoms with Crippen LogP contribution in [0, 0.1) is 0 Å². The van der Waals surface area contributed by atoms with Gasteiger partial charge < -0.3 is 14.6 Å². The fraction of sp³-hybridized carbons (Fsp3) is 0.714. The molecular formula is C14H25N3O. The highest BCUT2D eigenvalue weighted by Crippen LogP contribution is 2.17. The first kappa shape index (κ1) is 13.6. The number of nitrogens with one attached hydrogen (secondary N) is 1. The molecule has 0 bridgehead atoms. The zero-order chi connectivity index (χ0) is 13.0. The lowest BCUT2D eigenvalue weighted by Crippen LogP contribution is -2.37. The van der Waals surface area contributed by atoms with Gasteiger partial charge >= 0.3 is 0 Å². The molecule has 1 atom stereocenters. The molecule has 2 heterocycles. The van der Waals surface area contributed by atoms with E-state index in [1.807, 2.05) is 7.05 Å². The van der Waals surface area contributed by atoms with Crippen molar-refractivity contribution in [2.45, 2.75) is 32.5 Å². The Labute approximate surface area is 110 Å². The average Bonchev–Trinajstić information content (AvgIpc) is 2.68. The van der Waals surface area contributed by atoms with Crippen molar-refractivity contribution in [3.05, 3.63) is 23.7 Å². The molecule has 2 rings (SSSR count). The Morgan fingerprint density at radius 3 is 3.06 bits per heavy atom. The fourth-order valence-corrected chi connectivity index (χ4v) is 2.70. The van der Waals surface area contributed by atoms with E-state index >= 15 is 0 Å². The summed E-state index contributed by atoms with van der Waals surface area (Å²) >= 11 is 0. The summed E-state index contributed by atoms with van der Waals surface area (Å²) < 4.78 is 5.53. The van der Waals surface area contributed by atoms with Crippen LogP contribution in [0.25, 0.3) is 0 Å². The van der Waals surface area contributed by atoms with Gasteiger partial charge in [0.1, 0.15) is 5.76 Å². The quantitative estimate of drug-likeness (QED) is 0.879. The van der Waals surface area contributed by atoms with Gasteiger partial charge in [0.05, 0.1) is 12.8 Å². The third kappa shape index (κ3) is 3.34. The first-order valence-corrected chi connectivity index (χ1v) is 6.83. The molecule has 0 amide bonds. The van der Waals surface area contributed by atoms with Crippen LogP contribution in [0.2, 0.25) is 0 Å². The van der Waals surface area contributed by atoms with E-state index in [1.54, 1.807) is 6.26 Å². The van der Waals surface area contributed by atoms with Crippen molar-refractivity contribution in [3.8, 4) is 0 Å². The summed E-state index contributed by atoms with van der Waals surface area (Å²) in [5, 5.41) is 3.16. The van der Waals surface area contributed by atoms with Gasteiger partial charge in [0.2, 0.25) is 0 Å². The van der Waals surface area contributed by atoms with Gasteiger partial charge in [-0.25, -0.2) is 0 Å². The minimum absolute atomic E-state index is 0.606. The van der Waals surface area contributed by atoms with Gasteiger partial charge in [0, 0.05) is 31.2 Å². The largest absolute Gasteiger partial charge is 0.468 e. The van der Waals surface area contributed by atoms with Crippen molar-refractivity contribution < 1.29 is 4.42 Å². The molecule has 1 fully saturated rings. The highest BCUT2D eigenvalue weighted by Gasteiger charge is 2.20. The lowest BCUT2D eigenvalue weighted by molar-refractivity contribution is 0.193. The van der Waals surface area contributed by atoms with Crippen LogP contribution in [-0.2, 0) is 13.1 Å². The van der Waals surface area contributed by atoms with Gasteiger partial charge in [-0.1, -0.05) is 0 Å². The molecule has 1 aromatic rings. The Hall–Kier alpha value is -0.840. The van der Waals surface area contributed by atoms with Crippen LogP contribution in [-0.4, -0.2) is 49.6 Å². The fourth-order valence-electron chi connectivity index (χ4n) is 2.70. The van der Waals surface area contributed by atoms with Crippen molar-refractivity contribution in [1.82, 2.24) is 15.1 Å². The third-order valence-corrected chi connectivity index (χ3v) is 3.73. The summed E-state index contributed by atoms with van der Waals surface area (Å²) in [6.45, 7) is 7.66. The highest BCUT2D eigenvalue weighted by molar-refractivity contribution is 5.17. The molecule has 0 aromatic carbocycles. The van der Waals surface area contributed by atoms with Gasteiger partial charge in [0.15, 0.2) is 0 Å². The van der Waals surface area contributed by atoms with E-state index in [0.29, 0.717) is 6.04 Å². The van der Waals surface area contributed by atoms with Gasteiger partial charge in [0.25, 0.3) is 0 Å². The number of likely N-dealkylation sites (N-methyl/N-ethyl adjacent to an activating group) is 1. The SMILES string of the molecule is CNCc1occc1CN1CCCN(C)CC1C. The maximum atomic E-state index is 5.53. The lowest BCUT2D eigenvalue weighted by Gasteiger charge is -2.27. The maximum absolute atomic E-state index is 5.53. The zero-order valence-electron chi connectivity index (χ0n) is 11.8. The normalized spacial score (nSPS) is 23.2. The van der Waals surface area contributed by atoms with Crippen LogP contribution in [0.3, 0.4) is 0 Å². The maximum Gasteiger partial charge on any atom is 0.122 e. The molecule has 18 heavy (non-hydrogen) atoms. The molecule has 0 aliphatic carbocycles. The predicted octanol–water partition coefficient (Wildman–Crippen LogP) is 1.52. The van der Waals surface area contributed by atoms with Crippen LogP contribution < -0.4 is 5.32 Å². The van der Waals surface area contributed by atoms with E-state index in [2.05, 4.69) is 35.2 Å². The molecule has 1 N–H and O–H groups in total.